The van der Waals surface area contributed by atoms with E-state index in [1.165, 1.54) is 6.92 Å². The van der Waals surface area contributed by atoms with Crippen molar-refractivity contribution >= 4 is 23.9 Å². The Morgan fingerprint density at radius 1 is 0.905 bits per heavy atom. The molecule has 0 aromatic heterocycles. The van der Waals surface area contributed by atoms with Gasteiger partial charge in [-0.05, 0) is 12.8 Å². The van der Waals surface area contributed by atoms with Gasteiger partial charge in [0.05, 0.1) is 12.3 Å². The summed E-state index contributed by atoms with van der Waals surface area (Å²) < 4.78 is 0. The third kappa shape index (κ3) is 12.2. The van der Waals surface area contributed by atoms with Gasteiger partial charge < -0.3 is 20.4 Å². The monoisotopic (exact) mass is 302 g/mol. The molecule has 0 saturated heterocycles. The second-order valence-electron chi connectivity index (χ2n) is 4.17. The summed E-state index contributed by atoms with van der Waals surface area (Å²) in [5.41, 5.74) is -0.245. The van der Waals surface area contributed by atoms with Crippen LogP contribution in [0, 0.1) is 5.92 Å². The SMILES string of the molecule is C=C(CC(=O)O)C(=O)O.C=C(CCC(C)C(=O)O)C(=O)O. The maximum Gasteiger partial charge on any atom is 0.331 e. The van der Waals surface area contributed by atoms with Gasteiger partial charge in [0.25, 0.3) is 0 Å². The Morgan fingerprint density at radius 3 is 1.57 bits per heavy atom. The van der Waals surface area contributed by atoms with Crippen LogP contribution in [0.5, 0.6) is 0 Å². The molecule has 0 spiro atoms. The van der Waals surface area contributed by atoms with Crippen LogP contribution in [0.2, 0.25) is 0 Å². The Labute approximate surface area is 121 Å². The zero-order valence-electron chi connectivity index (χ0n) is 11.5. The van der Waals surface area contributed by atoms with E-state index in [2.05, 4.69) is 13.2 Å². The van der Waals surface area contributed by atoms with Crippen LogP contribution in [-0.2, 0) is 19.2 Å². The van der Waals surface area contributed by atoms with E-state index in [0.29, 0.717) is 6.42 Å². The fraction of sp³-hybridized carbons (Fsp3) is 0.385. The summed E-state index contributed by atoms with van der Waals surface area (Å²) in [5, 5.41) is 32.9. The predicted octanol–water partition coefficient (Wildman–Crippen LogP) is 1.23. The van der Waals surface area contributed by atoms with Crippen LogP contribution >= 0.6 is 0 Å². The molecule has 8 heteroatoms. The zero-order chi connectivity index (χ0) is 17.2. The second-order valence-corrected chi connectivity index (χ2v) is 4.17. The van der Waals surface area contributed by atoms with Crippen molar-refractivity contribution in [1.82, 2.24) is 0 Å². The summed E-state index contributed by atoms with van der Waals surface area (Å²) in [7, 11) is 0. The number of carboxylic acid groups (broad SMARTS) is 4. The van der Waals surface area contributed by atoms with Crippen molar-refractivity contribution in [3.63, 3.8) is 0 Å². The lowest BCUT2D eigenvalue weighted by molar-refractivity contribution is -0.141. The Kier molecular flexibility index (Phi) is 10.0. The topological polar surface area (TPSA) is 149 Å². The molecule has 1 unspecified atom stereocenters. The number of hydrogen-bond acceptors (Lipinski definition) is 4. The number of carbonyl (C=O) groups is 4. The Morgan fingerprint density at radius 2 is 1.33 bits per heavy atom. The van der Waals surface area contributed by atoms with Crippen LogP contribution in [0.1, 0.15) is 26.2 Å². The smallest absolute Gasteiger partial charge is 0.331 e. The normalized spacial score (nSPS) is 10.5. The van der Waals surface area contributed by atoms with Crippen molar-refractivity contribution in [2.24, 2.45) is 5.92 Å². The molecule has 0 aromatic carbocycles. The molecule has 0 rings (SSSR count). The lowest BCUT2D eigenvalue weighted by Gasteiger charge is -2.04. The molecule has 0 aliphatic carbocycles. The van der Waals surface area contributed by atoms with Crippen molar-refractivity contribution in [3.05, 3.63) is 24.3 Å². The van der Waals surface area contributed by atoms with Crippen molar-refractivity contribution in [1.29, 1.82) is 0 Å². The van der Waals surface area contributed by atoms with Gasteiger partial charge in [-0.25, -0.2) is 9.59 Å². The average Bonchev–Trinajstić information content (AvgIpc) is 2.34. The maximum absolute atomic E-state index is 10.3. The van der Waals surface area contributed by atoms with Crippen LogP contribution in [0.4, 0.5) is 0 Å². The average molecular weight is 302 g/mol. The summed E-state index contributed by atoms with van der Waals surface area (Å²) in [5.74, 6) is -4.93. The Bertz CT molecular complexity index is 449. The molecule has 0 fully saturated rings. The van der Waals surface area contributed by atoms with Gasteiger partial charge in [0.15, 0.2) is 0 Å². The lowest BCUT2D eigenvalue weighted by atomic mass is 10.0. The van der Waals surface area contributed by atoms with E-state index in [1.807, 2.05) is 0 Å². The van der Waals surface area contributed by atoms with E-state index in [1.54, 1.807) is 0 Å². The molecular formula is C13H18O8. The van der Waals surface area contributed by atoms with Crippen molar-refractivity contribution in [2.45, 2.75) is 26.2 Å². The fourth-order valence-corrected chi connectivity index (χ4v) is 0.879. The molecule has 0 bridgehead atoms. The minimum atomic E-state index is -1.27. The summed E-state index contributed by atoms with van der Waals surface area (Å²) in [4.78, 5) is 40.2. The van der Waals surface area contributed by atoms with E-state index in [4.69, 9.17) is 20.4 Å². The highest BCUT2D eigenvalue weighted by Crippen LogP contribution is 2.10. The van der Waals surface area contributed by atoms with Crippen LogP contribution in [-0.4, -0.2) is 44.3 Å². The second kappa shape index (κ2) is 10.2. The summed E-state index contributed by atoms with van der Waals surface area (Å²) >= 11 is 0. The Hall–Kier alpha value is -2.64. The first kappa shape index (κ1) is 20.7. The fourth-order valence-electron chi connectivity index (χ4n) is 0.879. The van der Waals surface area contributed by atoms with Gasteiger partial charge in [0.1, 0.15) is 0 Å². The highest BCUT2D eigenvalue weighted by molar-refractivity contribution is 5.91. The molecule has 0 heterocycles. The molecule has 0 aliphatic heterocycles. The molecule has 4 N–H and O–H groups in total. The summed E-state index contributed by atoms with van der Waals surface area (Å²) in [6.07, 6.45) is 0.0403. The van der Waals surface area contributed by atoms with Crippen molar-refractivity contribution in [2.75, 3.05) is 0 Å². The van der Waals surface area contributed by atoms with Gasteiger partial charge in [-0.2, -0.15) is 0 Å². The zero-order valence-corrected chi connectivity index (χ0v) is 11.5. The maximum atomic E-state index is 10.3. The molecule has 1 atom stereocenters. The number of rotatable bonds is 8. The van der Waals surface area contributed by atoms with Gasteiger partial charge in [0.2, 0.25) is 0 Å². The number of aliphatic carboxylic acids is 4. The van der Waals surface area contributed by atoms with Gasteiger partial charge in [-0.15, -0.1) is 0 Å². The molecular weight excluding hydrogens is 284 g/mol. The van der Waals surface area contributed by atoms with Gasteiger partial charge in [-0.3, -0.25) is 9.59 Å². The highest BCUT2D eigenvalue weighted by atomic mass is 16.4. The minimum absolute atomic E-state index is 0.0584. The number of hydrogen-bond donors (Lipinski definition) is 4. The Balaban J connectivity index is 0. The minimum Gasteiger partial charge on any atom is -0.481 e. The molecule has 8 nitrogen and oxygen atoms in total. The summed E-state index contributed by atoms with van der Waals surface area (Å²) in [6.45, 7) is 7.85. The van der Waals surface area contributed by atoms with E-state index in [9.17, 15) is 19.2 Å². The van der Waals surface area contributed by atoms with Crippen molar-refractivity contribution in [3.8, 4) is 0 Å². The lowest BCUT2D eigenvalue weighted by Crippen LogP contribution is -2.10. The van der Waals surface area contributed by atoms with Crippen LogP contribution in [0.15, 0.2) is 24.3 Å². The molecule has 0 saturated carbocycles. The molecule has 0 amide bonds. The molecule has 0 radical (unpaired) electrons. The highest BCUT2D eigenvalue weighted by Gasteiger charge is 2.12. The molecule has 21 heavy (non-hydrogen) atoms. The first-order valence-corrected chi connectivity index (χ1v) is 5.75. The first-order chi connectivity index (χ1) is 9.48. The van der Waals surface area contributed by atoms with Gasteiger partial charge in [-0.1, -0.05) is 20.1 Å². The third-order valence-electron chi connectivity index (χ3n) is 2.27. The molecule has 118 valence electrons. The standard InChI is InChI=1S/C8H12O4.C5H6O4/c1-5(7(9)10)3-4-6(2)8(11)12;1-3(5(8)9)2-4(6)7/h6H,1,3-4H2,2H3,(H,9,10)(H,11,12);1-2H2,(H,6,7)(H,8,9). The largest absolute Gasteiger partial charge is 0.481 e. The van der Waals surface area contributed by atoms with Gasteiger partial charge >= 0.3 is 23.9 Å². The van der Waals surface area contributed by atoms with Crippen LogP contribution in [0.3, 0.4) is 0 Å². The van der Waals surface area contributed by atoms with E-state index < -0.39 is 36.2 Å². The predicted molar refractivity (Wildman–Crippen MR) is 71.8 cm³/mol. The first-order valence-electron chi connectivity index (χ1n) is 5.75. The van der Waals surface area contributed by atoms with Crippen molar-refractivity contribution < 1.29 is 39.6 Å². The van der Waals surface area contributed by atoms with Gasteiger partial charge in [0, 0.05) is 11.1 Å². The van der Waals surface area contributed by atoms with E-state index in [0.717, 1.165) is 0 Å². The molecule has 0 aliphatic rings. The summed E-state index contributed by atoms with van der Waals surface area (Å²) in [6, 6.07) is 0. The van der Waals surface area contributed by atoms with E-state index in [-0.39, 0.29) is 17.6 Å². The van der Waals surface area contributed by atoms with E-state index >= 15 is 0 Å². The third-order valence-corrected chi connectivity index (χ3v) is 2.27. The number of carboxylic acids is 4. The van der Waals surface area contributed by atoms with Crippen LogP contribution < -0.4 is 0 Å². The van der Waals surface area contributed by atoms with Crippen LogP contribution in [0.25, 0.3) is 0 Å². The molecule has 0 aromatic rings. The quantitative estimate of drug-likeness (QED) is 0.489.